The Morgan fingerprint density at radius 1 is 0.852 bits per heavy atom. The molecule has 0 saturated heterocycles. The summed E-state index contributed by atoms with van der Waals surface area (Å²) in [5, 5.41) is 0. The molecule has 3 aromatic rings. The summed E-state index contributed by atoms with van der Waals surface area (Å²) in [5.41, 5.74) is 1.07. The van der Waals surface area contributed by atoms with Gasteiger partial charge in [0.25, 0.3) is 0 Å². The van der Waals surface area contributed by atoms with Crippen LogP contribution in [0.4, 0.5) is 0 Å². The second kappa shape index (κ2) is 6.17. The van der Waals surface area contributed by atoms with Gasteiger partial charge in [0.1, 0.15) is 11.5 Å². The fraction of sp³-hybridized carbons (Fsp3) is 0.0500. The summed E-state index contributed by atoms with van der Waals surface area (Å²) in [7, 11) is 0. The maximum Gasteiger partial charge on any atom is 0.340 e. The number of carbonyl (C=O) groups excluding carboxylic acids is 1. The first-order valence-electron chi connectivity index (χ1n) is 8.76. The van der Waals surface area contributed by atoms with Crippen LogP contribution in [0.25, 0.3) is 0 Å². The minimum Gasteiger partial charge on any atom is -0.454 e. The van der Waals surface area contributed by atoms with Gasteiger partial charge in [-0.05, 0) is 62.1 Å². The number of benzene rings is 3. The Hall–Kier alpha value is -1.15. The summed E-state index contributed by atoms with van der Waals surface area (Å²) in [4.78, 5) is 12.8. The number of hydrogen-bond acceptors (Lipinski definition) is 3. The number of halogens is 4. The van der Waals surface area contributed by atoms with Crippen LogP contribution in [-0.2, 0) is 10.3 Å². The highest BCUT2D eigenvalue weighted by Gasteiger charge is 2.54. The van der Waals surface area contributed by atoms with E-state index in [-0.39, 0.29) is 12.1 Å². The summed E-state index contributed by atoms with van der Waals surface area (Å²) >= 11 is 13.8. The number of carbonyl (C=O) groups is 1. The highest BCUT2D eigenvalue weighted by molar-refractivity contribution is 9.11. The third-order valence-corrected chi connectivity index (χ3v) is 6.59. The Morgan fingerprint density at radius 2 is 1.41 bits per heavy atom. The molecule has 0 atom stereocenters. The van der Waals surface area contributed by atoms with E-state index in [4.69, 9.17) is 12.2 Å². The first-order valence-corrected chi connectivity index (χ1v) is 10.9. The van der Waals surface area contributed by atoms with E-state index in [1.54, 1.807) is 24.3 Å². The highest BCUT2D eigenvalue weighted by Crippen LogP contribution is 2.59. The van der Waals surface area contributed by atoms with E-state index in [2.05, 4.69) is 63.7 Å². The van der Waals surface area contributed by atoms with Crippen LogP contribution in [0.5, 0.6) is 11.5 Å². The van der Waals surface area contributed by atoms with Gasteiger partial charge in [0, 0.05) is 25.6 Å². The molecule has 27 heavy (non-hydrogen) atoms. The van der Waals surface area contributed by atoms with Gasteiger partial charge < -0.3 is 9.47 Å². The van der Waals surface area contributed by atoms with Gasteiger partial charge in [-0.25, -0.2) is 4.79 Å². The lowest BCUT2D eigenvalue weighted by molar-refractivity contribution is 0.0223. The van der Waals surface area contributed by atoms with Crippen molar-refractivity contribution in [3.8, 4) is 11.5 Å². The van der Waals surface area contributed by atoms with Crippen LogP contribution in [0, 0.1) is 0 Å². The van der Waals surface area contributed by atoms with E-state index < -0.39 is 11.6 Å². The average Bonchev–Trinajstić information content (AvgIpc) is 3.00. The average molecular weight is 618 g/mol. The Labute approximate surface area is 191 Å². The first-order chi connectivity index (χ1) is 13.8. The van der Waals surface area contributed by atoms with Crippen LogP contribution < -0.4 is 4.74 Å². The van der Waals surface area contributed by atoms with E-state index in [0.29, 0.717) is 51.6 Å². The zero-order chi connectivity index (χ0) is 20.7. The molecule has 0 aliphatic carbocycles. The molecule has 7 heteroatoms. The molecule has 134 valence electrons. The third-order valence-electron chi connectivity index (χ3n) is 4.62. The van der Waals surface area contributed by atoms with Gasteiger partial charge in [-0.3, -0.25) is 0 Å². The SMILES string of the molecule is [2H]c1c(Br)cc2c(c1Br)Oc1c(cc(Br)c([2H])c1Br)C21OC(=O)c2ccccc21. The fourth-order valence-corrected chi connectivity index (χ4v) is 6.01. The topological polar surface area (TPSA) is 35.5 Å². The van der Waals surface area contributed by atoms with E-state index in [0.717, 1.165) is 0 Å². The molecule has 0 fully saturated rings. The second-order valence-corrected chi connectivity index (χ2v) is 9.36. The van der Waals surface area contributed by atoms with Gasteiger partial charge in [-0.15, -0.1) is 0 Å². The van der Waals surface area contributed by atoms with Gasteiger partial charge in [0.05, 0.1) is 17.3 Å². The van der Waals surface area contributed by atoms with E-state index >= 15 is 0 Å². The van der Waals surface area contributed by atoms with Crippen LogP contribution in [0.1, 0.15) is 29.8 Å². The molecular formula is C20H8Br4O3. The molecule has 0 bridgehead atoms. The summed E-state index contributed by atoms with van der Waals surface area (Å²) < 4.78 is 30.8. The van der Waals surface area contributed by atoms with Crippen LogP contribution in [0.15, 0.2) is 66.4 Å². The summed E-state index contributed by atoms with van der Waals surface area (Å²) in [6, 6.07) is 11.1. The lowest BCUT2D eigenvalue weighted by Crippen LogP contribution is -2.33. The van der Waals surface area contributed by atoms with Crippen molar-refractivity contribution in [2.45, 2.75) is 5.60 Å². The van der Waals surface area contributed by atoms with Crippen molar-refractivity contribution in [3.63, 3.8) is 0 Å². The number of rotatable bonds is 0. The molecule has 0 N–H and O–H groups in total. The minimum absolute atomic E-state index is 0.208. The molecule has 5 rings (SSSR count). The highest BCUT2D eigenvalue weighted by atomic mass is 79.9. The summed E-state index contributed by atoms with van der Waals surface area (Å²) in [5.74, 6) is 0.305. The molecule has 3 aromatic carbocycles. The second-order valence-electron chi connectivity index (χ2n) is 6.07. The van der Waals surface area contributed by atoms with Crippen molar-refractivity contribution < 1.29 is 17.0 Å². The van der Waals surface area contributed by atoms with Gasteiger partial charge in [-0.1, -0.05) is 50.1 Å². The Balaban J connectivity index is 1.99. The lowest BCUT2D eigenvalue weighted by atomic mass is 9.78. The third kappa shape index (κ3) is 2.44. The van der Waals surface area contributed by atoms with E-state index in [1.165, 1.54) is 0 Å². The van der Waals surface area contributed by atoms with Crippen molar-refractivity contribution >= 4 is 69.7 Å². The molecule has 0 saturated carbocycles. The van der Waals surface area contributed by atoms with Crippen molar-refractivity contribution in [1.29, 1.82) is 0 Å². The van der Waals surface area contributed by atoms with Crippen molar-refractivity contribution in [2.24, 2.45) is 0 Å². The first kappa shape index (κ1) is 15.7. The molecule has 0 radical (unpaired) electrons. The molecule has 0 amide bonds. The predicted molar refractivity (Wildman–Crippen MR) is 115 cm³/mol. The number of esters is 1. The molecule has 2 heterocycles. The van der Waals surface area contributed by atoms with Crippen molar-refractivity contribution in [1.82, 2.24) is 0 Å². The quantitative estimate of drug-likeness (QED) is 0.248. The maximum absolute atomic E-state index is 12.8. The van der Waals surface area contributed by atoms with Crippen molar-refractivity contribution in [2.75, 3.05) is 0 Å². The Kier molecular flexibility index (Phi) is 3.60. The van der Waals surface area contributed by atoms with E-state index in [9.17, 15) is 4.79 Å². The van der Waals surface area contributed by atoms with Crippen LogP contribution in [0.3, 0.4) is 0 Å². The molecule has 2 aliphatic rings. The number of hydrogen-bond donors (Lipinski definition) is 0. The number of ether oxygens (including phenoxy) is 2. The molecule has 1 spiro atoms. The number of fused-ring (bicyclic) bond motifs is 6. The van der Waals surface area contributed by atoms with Gasteiger partial charge >= 0.3 is 5.97 Å². The van der Waals surface area contributed by atoms with Crippen LogP contribution >= 0.6 is 63.7 Å². The van der Waals surface area contributed by atoms with Crippen LogP contribution in [0.2, 0.25) is 0 Å². The smallest absolute Gasteiger partial charge is 0.340 e. The minimum atomic E-state index is -1.27. The Morgan fingerprint density at radius 3 is 2.00 bits per heavy atom. The van der Waals surface area contributed by atoms with E-state index in [1.807, 2.05) is 12.1 Å². The largest absolute Gasteiger partial charge is 0.454 e. The van der Waals surface area contributed by atoms with Gasteiger partial charge in [-0.2, -0.15) is 0 Å². The molecule has 2 aliphatic heterocycles. The van der Waals surface area contributed by atoms with Gasteiger partial charge in [0.15, 0.2) is 5.60 Å². The zero-order valence-corrected chi connectivity index (χ0v) is 19.5. The van der Waals surface area contributed by atoms with Crippen LogP contribution in [-0.4, -0.2) is 5.97 Å². The monoisotopic (exact) mass is 614 g/mol. The zero-order valence-electron chi connectivity index (χ0n) is 15.2. The normalized spacial score (nSPS) is 16.7. The fourth-order valence-electron chi connectivity index (χ4n) is 3.60. The van der Waals surface area contributed by atoms with Crippen molar-refractivity contribution in [3.05, 3.63) is 88.6 Å². The standard InChI is InChI=1S/C20H8Br4O3/c21-9-5-13-17(15(23)7-9)26-18-14(6-10(22)8-16(18)24)20(13)12-4-2-1-3-11(12)19(25)27-20/h1-8H/i7D,8D. The molecule has 0 unspecified atom stereocenters. The molecular weight excluding hydrogens is 608 g/mol. The predicted octanol–water partition coefficient (Wildman–Crippen LogP) is 7.30. The molecule has 3 nitrogen and oxygen atoms in total. The maximum atomic E-state index is 12.8. The molecule has 0 aromatic heterocycles. The lowest BCUT2D eigenvalue weighted by Gasteiger charge is -2.37. The summed E-state index contributed by atoms with van der Waals surface area (Å²) in [6.45, 7) is 0. The summed E-state index contributed by atoms with van der Waals surface area (Å²) in [6.07, 6.45) is 0. The van der Waals surface area contributed by atoms with Gasteiger partial charge in [0.2, 0.25) is 0 Å². The Bertz CT molecular complexity index is 1200.